The van der Waals surface area contributed by atoms with Gasteiger partial charge < -0.3 is 4.74 Å². The van der Waals surface area contributed by atoms with Crippen molar-refractivity contribution in [1.29, 1.82) is 0 Å². The third-order valence-electron chi connectivity index (χ3n) is 2.42. The van der Waals surface area contributed by atoms with Crippen molar-refractivity contribution in [2.75, 3.05) is 13.4 Å². The van der Waals surface area contributed by atoms with E-state index in [2.05, 4.69) is 36.8 Å². The maximum absolute atomic E-state index is 11.7. The van der Waals surface area contributed by atoms with Crippen molar-refractivity contribution in [2.24, 2.45) is 0 Å². The summed E-state index contributed by atoms with van der Waals surface area (Å²) >= 11 is 6.74. The van der Waals surface area contributed by atoms with Gasteiger partial charge in [0.2, 0.25) is 10.0 Å². The van der Waals surface area contributed by atoms with E-state index in [0.717, 1.165) is 14.7 Å². The van der Waals surface area contributed by atoms with Crippen LogP contribution in [0.3, 0.4) is 0 Å². The van der Waals surface area contributed by atoms with Gasteiger partial charge in [-0.3, -0.25) is 0 Å². The molecule has 2 aromatic rings. The molecule has 1 aromatic carbocycles. The number of benzene rings is 1. The predicted molar refractivity (Wildman–Crippen MR) is 79.9 cm³/mol. The molecule has 0 bridgehead atoms. The fraction of sp³-hybridized carbons (Fsp3) is 0.182. The minimum absolute atomic E-state index is 0.307. The van der Waals surface area contributed by atoms with E-state index in [9.17, 15) is 8.42 Å². The summed E-state index contributed by atoms with van der Waals surface area (Å²) in [5, 5.41) is 0. The zero-order chi connectivity index (χ0) is 14.2. The molecular weight excluding hydrogens is 400 g/mol. The van der Waals surface area contributed by atoms with E-state index in [4.69, 9.17) is 4.74 Å². The van der Waals surface area contributed by atoms with Gasteiger partial charge in [0.05, 0.1) is 23.4 Å². The van der Waals surface area contributed by atoms with E-state index in [1.165, 1.54) is 19.5 Å². The van der Waals surface area contributed by atoms with E-state index in [-0.39, 0.29) is 0 Å². The van der Waals surface area contributed by atoms with Crippen LogP contribution in [0.5, 0.6) is 5.75 Å². The highest BCUT2D eigenvalue weighted by Crippen LogP contribution is 2.38. The van der Waals surface area contributed by atoms with Gasteiger partial charge in [0.25, 0.3) is 0 Å². The number of nitrogens with zero attached hydrogens (tertiary/aromatic N) is 2. The van der Waals surface area contributed by atoms with Crippen LogP contribution < -0.4 is 4.74 Å². The highest BCUT2D eigenvalue weighted by atomic mass is 79.9. The Balaban J connectivity index is 2.76. The topological polar surface area (TPSA) is 61.2 Å². The zero-order valence-corrected chi connectivity index (χ0v) is 14.1. The molecule has 102 valence electrons. The summed E-state index contributed by atoms with van der Waals surface area (Å²) in [7, 11) is -1.90. The Hall–Kier alpha value is -0.860. The van der Waals surface area contributed by atoms with Gasteiger partial charge in [-0.2, -0.15) is 0 Å². The van der Waals surface area contributed by atoms with Crippen molar-refractivity contribution < 1.29 is 13.2 Å². The van der Waals surface area contributed by atoms with Crippen LogP contribution in [-0.2, 0) is 10.0 Å². The second-order valence-electron chi connectivity index (χ2n) is 3.78. The average molecular weight is 410 g/mol. The van der Waals surface area contributed by atoms with E-state index in [0.29, 0.717) is 21.6 Å². The lowest BCUT2D eigenvalue weighted by Gasteiger charge is -2.12. The lowest BCUT2D eigenvalue weighted by Crippen LogP contribution is -2.11. The highest BCUT2D eigenvalue weighted by Gasteiger charge is 2.19. The molecule has 0 aliphatic rings. The second kappa shape index (κ2) is 5.26. The minimum Gasteiger partial charge on any atom is -0.495 e. The van der Waals surface area contributed by atoms with Crippen LogP contribution in [0.4, 0.5) is 0 Å². The third kappa shape index (κ3) is 2.85. The summed E-state index contributed by atoms with van der Waals surface area (Å²) in [4.78, 5) is 4.11. The molecule has 19 heavy (non-hydrogen) atoms. The Labute approximate surface area is 127 Å². The Morgan fingerprint density at radius 2 is 2.00 bits per heavy atom. The molecule has 0 N–H and O–H groups in total. The Bertz CT molecular complexity index is 726. The normalized spacial score (nSPS) is 11.6. The number of rotatable bonds is 3. The first kappa shape index (κ1) is 14.5. The minimum atomic E-state index is -3.42. The molecule has 1 heterocycles. The summed E-state index contributed by atoms with van der Waals surface area (Å²) in [6, 6.07) is 3.57. The molecule has 0 amide bonds. The second-order valence-corrected chi connectivity index (χ2v) is 7.41. The van der Waals surface area contributed by atoms with Gasteiger partial charge in [-0.1, -0.05) is 15.9 Å². The van der Waals surface area contributed by atoms with Crippen LogP contribution in [0, 0.1) is 0 Å². The zero-order valence-electron chi connectivity index (χ0n) is 10.1. The first-order chi connectivity index (χ1) is 8.84. The third-order valence-corrected chi connectivity index (χ3v) is 4.47. The molecule has 0 saturated heterocycles. The van der Waals surface area contributed by atoms with Gasteiger partial charge in [-0.15, -0.1) is 0 Å². The first-order valence-electron chi connectivity index (χ1n) is 5.12. The molecular formula is C11H10Br2N2O3S. The maximum Gasteiger partial charge on any atom is 0.237 e. The molecule has 2 rings (SSSR count). The number of aromatic nitrogens is 2. The molecule has 0 fully saturated rings. The Kier molecular flexibility index (Phi) is 4.03. The van der Waals surface area contributed by atoms with Gasteiger partial charge in [-0.25, -0.2) is 17.4 Å². The number of halogens is 2. The van der Waals surface area contributed by atoms with Crippen molar-refractivity contribution in [3.05, 3.63) is 33.5 Å². The number of hydrogen-bond acceptors (Lipinski definition) is 4. The van der Waals surface area contributed by atoms with Gasteiger partial charge in [0, 0.05) is 16.9 Å². The number of hydrogen-bond donors (Lipinski definition) is 0. The summed E-state index contributed by atoms with van der Waals surface area (Å²) < 4.78 is 31.4. The molecule has 0 aliphatic heterocycles. The van der Waals surface area contributed by atoms with Crippen molar-refractivity contribution >= 4 is 41.9 Å². The number of imidazole rings is 1. The van der Waals surface area contributed by atoms with Crippen molar-refractivity contribution in [3.8, 4) is 17.1 Å². The first-order valence-corrected chi connectivity index (χ1v) is 8.55. The molecule has 0 saturated carbocycles. The fourth-order valence-corrected chi connectivity index (χ4v) is 3.80. The van der Waals surface area contributed by atoms with Crippen molar-refractivity contribution in [3.63, 3.8) is 0 Å². The quantitative estimate of drug-likeness (QED) is 0.781. The lowest BCUT2D eigenvalue weighted by atomic mass is 10.2. The van der Waals surface area contributed by atoms with Gasteiger partial charge >= 0.3 is 0 Å². The van der Waals surface area contributed by atoms with E-state index < -0.39 is 10.0 Å². The van der Waals surface area contributed by atoms with Crippen LogP contribution in [0.25, 0.3) is 11.4 Å². The van der Waals surface area contributed by atoms with Crippen LogP contribution in [-0.4, -0.2) is 30.7 Å². The summed E-state index contributed by atoms with van der Waals surface area (Å²) in [6.07, 6.45) is 3.96. The van der Waals surface area contributed by atoms with Gasteiger partial charge in [-0.05, 0) is 28.1 Å². The SMILES string of the molecule is COc1c(Br)cc(Br)cc1-c1nccn1S(C)(=O)=O. The van der Waals surface area contributed by atoms with Gasteiger partial charge in [0.1, 0.15) is 5.75 Å². The standard InChI is InChI=1S/C11H10Br2N2O3S/c1-18-10-8(5-7(12)6-9(10)13)11-14-3-4-15(11)19(2,16)17/h3-6H,1-2H3. The molecule has 0 radical (unpaired) electrons. The average Bonchev–Trinajstić information content (AvgIpc) is 2.76. The largest absolute Gasteiger partial charge is 0.495 e. The van der Waals surface area contributed by atoms with Crippen molar-refractivity contribution in [1.82, 2.24) is 8.96 Å². The van der Waals surface area contributed by atoms with Crippen LogP contribution in [0.2, 0.25) is 0 Å². The monoisotopic (exact) mass is 408 g/mol. The molecule has 0 unspecified atom stereocenters. The molecule has 1 aromatic heterocycles. The molecule has 8 heteroatoms. The summed E-state index contributed by atoms with van der Waals surface area (Å²) in [5.74, 6) is 0.834. The molecule has 5 nitrogen and oxygen atoms in total. The Morgan fingerprint density at radius 1 is 1.32 bits per heavy atom. The van der Waals surface area contributed by atoms with Crippen LogP contribution in [0.15, 0.2) is 33.5 Å². The highest BCUT2D eigenvalue weighted by molar-refractivity contribution is 9.11. The maximum atomic E-state index is 11.7. The van der Waals surface area contributed by atoms with E-state index in [1.807, 2.05) is 6.07 Å². The predicted octanol–water partition coefficient (Wildman–Crippen LogP) is 2.89. The number of methoxy groups -OCH3 is 1. The fourth-order valence-electron chi connectivity index (χ4n) is 1.68. The molecule has 0 atom stereocenters. The Morgan fingerprint density at radius 3 is 2.58 bits per heavy atom. The number of ether oxygens (including phenoxy) is 1. The molecule has 0 spiro atoms. The van der Waals surface area contributed by atoms with Crippen LogP contribution >= 0.6 is 31.9 Å². The molecule has 0 aliphatic carbocycles. The lowest BCUT2D eigenvalue weighted by molar-refractivity contribution is 0.413. The smallest absolute Gasteiger partial charge is 0.237 e. The van der Waals surface area contributed by atoms with Crippen LogP contribution in [0.1, 0.15) is 0 Å². The van der Waals surface area contributed by atoms with Gasteiger partial charge in [0.15, 0.2) is 5.82 Å². The van der Waals surface area contributed by atoms with Crippen molar-refractivity contribution in [2.45, 2.75) is 0 Å². The summed E-state index contributed by atoms with van der Waals surface area (Å²) in [5.41, 5.74) is 0.583. The van der Waals surface area contributed by atoms with E-state index in [1.54, 1.807) is 6.07 Å². The van der Waals surface area contributed by atoms with E-state index >= 15 is 0 Å². The summed E-state index contributed by atoms with van der Waals surface area (Å²) in [6.45, 7) is 0.